The van der Waals surface area contributed by atoms with Crippen LogP contribution in [0.1, 0.15) is 31.4 Å². The zero-order valence-corrected chi connectivity index (χ0v) is 22.3. The molecule has 3 saturated heterocycles. The number of aromatic nitrogens is 4. The standard InChI is InChI=1S/C29H34N6O3/c1-19-9-20(12-31-28(19)37-4)14-34-22-10-23(34)16-33(15-22)27-6-5-21(13-30-27)25-11-24(38-18-29(2,3)36)17-35-26(25)7-8-32-35/h5-9,11-13,17,22-23,36H,10,14-16,18H2,1-4H3. The molecule has 0 aromatic carbocycles. The summed E-state index contributed by atoms with van der Waals surface area (Å²) in [6.07, 6.45) is 8.70. The number of aliphatic hydroxyl groups is 1. The molecule has 0 aliphatic carbocycles. The van der Waals surface area contributed by atoms with Gasteiger partial charge in [0.05, 0.1) is 30.6 Å². The Hall–Kier alpha value is -3.69. The summed E-state index contributed by atoms with van der Waals surface area (Å²) in [5.41, 5.74) is 4.36. The lowest BCUT2D eigenvalue weighted by Gasteiger charge is -2.56. The van der Waals surface area contributed by atoms with Gasteiger partial charge in [0.25, 0.3) is 0 Å². The number of fused-ring (bicyclic) bond motifs is 3. The summed E-state index contributed by atoms with van der Waals surface area (Å²) in [6, 6.07) is 11.4. The van der Waals surface area contributed by atoms with Gasteiger partial charge < -0.3 is 19.5 Å². The molecule has 0 radical (unpaired) electrons. The van der Waals surface area contributed by atoms with Gasteiger partial charge in [0.15, 0.2) is 0 Å². The zero-order valence-electron chi connectivity index (χ0n) is 22.3. The number of aryl methyl sites for hydroxylation is 1. The molecule has 38 heavy (non-hydrogen) atoms. The number of piperazine rings is 1. The van der Waals surface area contributed by atoms with Crippen molar-refractivity contribution in [2.75, 3.05) is 31.7 Å². The maximum atomic E-state index is 10.1. The van der Waals surface area contributed by atoms with Gasteiger partial charge in [-0.2, -0.15) is 5.10 Å². The van der Waals surface area contributed by atoms with Crippen LogP contribution in [0.25, 0.3) is 16.6 Å². The molecule has 0 saturated carbocycles. The second-order valence-corrected chi connectivity index (χ2v) is 11.0. The smallest absolute Gasteiger partial charge is 0.215 e. The van der Waals surface area contributed by atoms with E-state index in [0.29, 0.717) is 23.7 Å². The van der Waals surface area contributed by atoms with E-state index in [0.717, 1.165) is 47.7 Å². The van der Waals surface area contributed by atoms with Crippen LogP contribution in [0.2, 0.25) is 0 Å². The molecule has 7 rings (SSSR count). The second kappa shape index (κ2) is 9.56. The first kappa shape index (κ1) is 24.6. The van der Waals surface area contributed by atoms with E-state index >= 15 is 0 Å². The van der Waals surface area contributed by atoms with Crippen molar-refractivity contribution >= 4 is 11.3 Å². The summed E-state index contributed by atoms with van der Waals surface area (Å²) in [5.74, 6) is 2.35. The normalized spacial score (nSPS) is 19.4. The fraction of sp³-hybridized carbons (Fsp3) is 0.414. The van der Waals surface area contributed by atoms with Gasteiger partial charge in [0, 0.05) is 60.8 Å². The summed E-state index contributed by atoms with van der Waals surface area (Å²) < 4.78 is 13.0. The molecule has 2 atom stereocenters. The van der Waals surface area contributed by atoms with Crippen molar-refractivity contribution < 1.29 is 14.6 Å². The predicted octanol–water partition coefficient (Wildman–Crippen LogP) is 3.72. The Morgan fingerprint density at radius 3 is 2.58 bits per heavy atom. The minimum absolute atomic E-state index is 0.194. The minimum atomic E-state index is -0.919. The van der Waals surface area contributed by atoms with Gasteiger partial charge in [-0.15, -0.1) is 0 Å². The Balaban J connectivity index is 1.15. The first-order chi connectivity index (χ1) is 18.3. The van der Waals surface area contributed by atoms with Gasteiger partial charge in [-0.25, -0.2) is 14.5 Å². The third-order valence-corrected chi connectivity index (χ3v) is 7.45. The Bertz CT molecular complexity index is 1430. The average Bonchev–Trinajstić information content (AvgIpc) is 3.39. The number of rotatable bonds is 8. The Kier molecular flexibility index (Phi) is 6.20. The maximum Gasteiger partial charge on any atom is 0.215 e. The highest BCUT2D eigenvalue weighted by Gasteiger charge is 2.44. The van der Waals surface area contributed by atoms with Crippen molar-refractivity contribution in [2.45, 2.75) is 51.4 Å². The van der Waals surface area contributed by atoms with Crippen LogP contribution in [-0.2, 0) is 6.54 Å². The van der Waals surface area contributed by atoms with Crippen LogP contribution < -0.4 is 14.4 Å². The lowest BCUT2D eigenvalue weighted by atomic mass is 9.87. The van der Waals surface area contributed by atoms with E-state index in [1.54, 1.807) is 31.7 Å². The van der Waals surface area contributed by atoms with Crippen LogP contribution in [0.4, 0.5) is 5.82 Å². The molecule has 3 aliphatic heterocycles. The molecule has 7 heterocycles. The van der Waals surface area contributed by atoms with E-state index in [-0.39, 0.29) is 6.61 Å². The first-order valence-electron chi connectivity index (χ1n) is 13.1. The lowest BCUT2D eigenvalue weighted by molar-refractivity contribution is -0.00878. The van der Waals surface area contributed by atoms with E-state index in [1.165, 1.54) is 12.0 Å². The zero-order chi connectivity index (χ0) is 26.4. The first-order valence-corrected chi connectivity index (χ1v) is 13.1. The van der Waals surface area contributed by atoms with Crippen molar-refractivity contribution in [3.8, 4) is 22.8 Å². The Morgan fingerprint density at radius 1 is 1.08 bits per heavy atom. The van der Waals surface area contributed by atoms with Crippen molar-refractivity contribution in [1.82, 2.24) is 24.5 Å². The maximum absolute atomic E-state index is 10.1. The molecule has 2 bridgehead atoms. The molecular formula is C29H34N6O3. The van der Waals surface area contributed by atoms with Gasteiger partial charge in [-0.05, 0) is 63.1 Å². The van der Waals surface area contributed by atoms with E-state index in [2.05, 4.69) is 38.1 Å². The molecule has 0 amide bonds. The summed E-state index contributed by atoms with van der Waals surface area (Å²) in [5, 5.41) is 14.5. The van der Waals surface area contributed by atoms with Crippen molar-refractivity contribution in [1.29, 1.82) is 0 Å². The van der Waals surface area contributed by atoms with E-state index in [4.69, 9.17) is 14.5 Å². The summed E-state index contributed by atoms with van der Waals surface area (Å²) in [4.78, 5) is 14.3. The Labute approximate surface area is 222 Å². The fourth-order valence-corrected chi connectivity index (χ4v) is 5.57. The third kappa shape index (κ3) is 4.79. The largest absolute Gasteiger partial charge is 0.489 e. The minimum Gasteiger partial charge on any atom is -0.489 e. The molecule has 198 valence electrons. The summed E-state index contributed by atoms with van der Waals surface area (Å²) >= 11 is 0. The molecule has 3 aliphatic rings. The van der Waals surface area contributed by atoms with E-state index in [9.17, 15) is 5.11 Å². The predicted molar refractivity (Wildman–Crippen MR) is 146 cm³/mol. The number of nitrogens with zero attached hydrogens (tertiary/aromatic N) is 6. The third-order valence-electron chi connectivity index (χ3n) is 7.45. The summed E-state index contributed by atoms with van der Waals surface area (Å²) in [6.45, 7) is 8.55. The van der Waals surface area contributed by atoms with E-state index in [1.807, 2.05) is 37.6 Å². The molecule has 2 unspecified atom stereocenters. The van der Waals surface area contributed by atoms with Crippen LogP contribution in [0.3, 0.4) is 0 Å². The lowest BCUT2D eigenvalue weighted by Crippen LogP contribution is -2.68. The highest BCUT2D eigenvalue weighted by molar-refractivity contribution is 5.81. The Morgan fingerprint density at radius 2 is 1.89 bits per heavy atom. The van der Waals surface area contributed by atoms with Gasteiger partial charge in [-0.3, -0.25) is 4.90 Å². The molecule has 4 aromatic heterocycles. The molecule has 9 heteroatoms. The van der Waals surface area contributed by atoms with Gasteiger partial charge in [0.1, 0.15) is 18.2 Å². The van der Waals surface area contributed by atoms with Gasteiger partial charge in [0.2, 0.25) is 5.88 Å². The average molecular weight is 515 g/mol. The van der Waals surface area contributed by atoms with Crippen LogP contribution in [0.15, 0.2) is 55.1 Å². The number of pyridine rings is 3. The number of anilines is 1. The van der Waals surface area contributed by atoms with Crippen molar-refractivity contribution in [2.24, 2.45) is 0 Å². The molecule has 0 spiro atoms. The van der Waals surface area contributed by atoms with E-state index < -0.39 is 5.60 Å². The number of piperidine rings is 1. The molecular weight excluding hydrogens is 480 g/mol. The van der Waals surface area contributed by atoms with Crippen molar-refractivity contribution in [3.63, 3.8) is 0 Å². The highest BCUT2D eigenvalue weighted by Crippen LogP contribution is 2.36. The number of hydrogen-bond acceptors (Lipinski definition) is 8. The quantitative estimate of drug-likeness (QED) is 0.381. The SMILES string of the molecule is COc1ncc(CN2C3CC2CN(c2ccc(-c4cc(OCC(C)(C)O)cn5nccc45)cn2)C3)cc1C. The number of ether oxygens (including phenoxy) is 2. The molecule has 9 nitrogen and oxygen atoms in total. The fourth-order valence-electron chi connectivity index (χ4n) is 5.57. The van der Waals surface area contributed by atoms with Gasteiger partial charge in [-0.1, -0.05) is 0 Å². The highest BCUT2D eigenvalue weighted by atomic mass is 16.5. The van der Waals surface area contributed by atoms with Gasteiger partial charge >= 0.3 is 0 Å². The molecule has 4 aromatic rings. The number of methoxy groups -OCH3 is 1. The van der Waals surface area contributed by atoms with Crippen molar-refractivity contribution in [3.05, 3.63) is 66.2 Å². The summed E-state index contributed by atoms with van der Waals surface area (Å²) in [7, 11) is 1.66. The number of hydrogen-bond donors (Lipinski definition) is 1. The van der Waals surface area contributed by atoms with Crippen LogP contribution in [0.5, 0.6) is 11.6 Å². The van der Waals surface area contributed by atoms with Crippen LogP contribution >= 0.6 is 0 Å². The molecule has 3 fully saturated rings. The monoisotopic (exact) mass is 514 g/mol. The van der Waals surface area contributed by atoms with Crippen LogP contribution in [0, 0.1) is 6.92 Å². The van der Waals surface area contributed by atoms with Crippen LogP contribution in [-0.4, -0.2) is 74.1 Å². The molecule has 1 N–H and O–H groups in total. The topological polar surface area (TPSA) is 88.2 Å². The second-order valence-electron chi connectivity index (χ2n) is 11.0.